The number of aromatic nitrogens is 1. The lowest BCUT2D eigenvalue weighted by atomic mass is 9.93. The van der Waals surface area contributed by atoms with Gasteiger partial charge in [0, 0.05) is 5.56 Å². The molecule has 0 amide bonds. The van der Waals surface area contributed by atoms with Gasteiger partial charge in [0.05, 0.1) is 17.4 Å². The fourth-order valence-electron chi connectivity index (χ4n) is 3.50. The van der Waals surface area contributed by atoms with Gasteiger partial charge in [-0.1, -0.05) is 36.4 Å². The summed E-state index contributed by atoms with van der Waals surface area (Å²) in [6.07, 6.45) is 8.10. The second-order valence-electron chi connectivity index (χ2n) is 6.73. The number of methoxy groups -OCH3 is 1. The van der Waals surface area contributed by atoms with Gasteiger partial charge in [0.15, 0.2) is 11.4 Å². The average Bonchev–Trinajstić information content (AvgIpc) is 3.15. The van der Waals surface area contributed by atoms with Gasteiger partial charge in [-0.15, -0.1) is 0 Å². The Labute approximate surface area is 164 Å². The molecule has 1 aliphatic carbocycles. The van der Waals surface area contributed by atoms with Crippen LogP contribution in [0.2, 0.25) is 0 Å². The highest BCUT2D eigenvalue weighted by molar-refractivity contribution is 8.00. The number of hydrogen-bond acceptors (Lipinski definition) is 5. The van der Waals surface area contributed by atoms with Crippen molar-refractivity contribution < 1.29 is 9.26 Å². The molecule has 4 rings (SSSR count). The lowest BCUT2D eigenvalue weighted by Gasteiger charge is -2.12. The molecule has 27 heavy (non-hydrogen) atoms. The van der Waals surface area contributed by atoms with Crippen molar-refractivity contribution in [3.05, 3.63) is 53.6 Å². The van der Waals surface area contributed by atoms with E-state index in [0.29, 0.717) is 0 Å². The molecule has 0 atom stereocenters. The van der Waals surface area contributed by atoms with Crippen molar-refractivity contribution in [1.82, 2.24) is 5.16 Å². The van der Waals surface area contributed by atoms with E-state index in [9.17, 15) is 0 Å². The maximum Gasteiger partial charge on any atom is 0.187 e. The number of benzene rings is 2. The Morgan fingerprint density at radius 3 is 2.93 bits per heavy atom. The number of hydrogen-bond donors (Lipinski definition) is 1. The van der Waals surface area contributed by atoms with Crippen molar-refractivity contribution >= 4 is 34.3 Å². The van der Waals surface area contributed by atoms with E-state index in [1.807, 2.05) is 6.07 Å². The number of ether oxygens (including phenoxy) is 1. The highest BCUT2D eigenvalue weighted by Crippen LogP contribution is 2.37. The van der Waals surface area contributed by atoms with Crippen molar-refractivity contribution in [2.75, 3.05) is 11.8 Å². The van der Waals surface area contributed by atoms with Crippen LogP contribution in [0.1, 0.15) is 43.7 Å². The van der Waals surface area contributed by atoms with Crippen LogP contribution in [0.25, 0.3) is 16.5 Å². The topological polar surface area (TPSA) is 47.3 Å². The summed E-state index contributed by atoms with van der Waals surface area (Å²) in [5.41, 5.74) is 4.68. The molecule has 0 unspecified atom stereocenters. The van der Waals surface area contributed by atoms with Crippen LogP contribution in [0.4, 0.5) is 5.82 Å². The summed E-state index contributed by atoms with van der Waals surface area (Å²) in [6.45, 7) is 2.15. The zero-order valence-corrected chi connectivity index (χ0v) is 16.6. The van der Waals surface area contributed by atoms with E-state index in [4.69, 9.17) is 9.26 Å². The number of nitrogens with one attached hydrogen (secondary N) is 1. The Bertz CT molecular complexity index is 978. The Kier molecular flexibility index (Phi) is 5.39. The molecule has 0 saturated heterocycles. The van der Waals surface area contributed by atoms with E-state index < -0.39 is 0 Å². The molecular formula is C22H24N2O2S. The molecule has 1 aromatic heterocycles. The lowest BCUT2D eigenvalue weighted by molar-refractivity contribution is 0.404. The monoisotopic (exact) mass is 380 g/mol. The number of nitrogens with zero attached hydrogens (tertiary/aromatic N) is 1. The number of fused-ring (bicyclic) bond motifs is 1. The van der Waals surface area contributed by atoms with Gasteiger partial charge in [0.25, 0.3) is 0 Å². The van der Waals surface area contributed by atoms with Crippen LogP contribution in [0.3, 0.4) is 0 Å². The third kappa shape index (κ3) is 3.69. The Balaban J connectivity index is 1.61. The standard InChI is InChI=1S/C22H24N2O2S/c1-3-15-12-13-19(25-2)20(14-15)27-24-22-18-11-7-10-17(21(18)26-23-22)16-8-5-4-6-9-16/h7-8,10-14H,3-6,9H2,1-2H3,(H,23,24). The zero-order valence-electron chi connectivity index (χ0n) is 15.7. The summed E-state index contributed by atoms with van der Waals surface area (Å²) < 4.78 is 14.6. The van der Waals surface area contributed by atoms with Gasteiger partial charge >= 0.3 is 0 Å². The van der Waals surface area contributed by atoms with Crippen LogP contribution >= 0.6 is 11.9 Å². The molecule has 0 radical (unpaired) electrons. The van der Waals surface area contributed by atoms with Gasteiger partial charge in [0.1, 0.15) is 5.75 Å². The van der Waals surface area contributed by atoms with Gasteiger partial charge in [-0.3, -0.25) is 0 Å². The minimum Gasteiger partial charge on any atom is -0.496 e. The van der Waals surface area contributed by atoms with E-state index in [1.54, 1.807) is 7.11 Å². The number of para-hydroxylation sites is 1. The second kappa shape index (κ2) is 8.09. The van der Waals surface area contributed by atoms with Crippen LogP contribution in [0.5, 0.6) is 5.75 Å². The zero-order chi connectivity index (χ0) is 18.6. The minimum absolute atomic E-state index is 0.747. The molecule has 0 aliphatic heterocycles. The quantitative estimate of drug-likeness (QED) is 0.496. The lowest BCUT2D eigenvalue weighted by Crippen LogP contribution is -1.93. The van der Waals surface area contributed by atoms with Crippen LogP contribution in [-0.2, 0) is 6.42 Å². The SMILES string of the molecule is CCc1ccc(OC)c(SNc2noc3c(C4=CCCCC4)cccc23)c1. The van der Waals surface area contributed by atoms with E-state index >= 15 is 0 Å². The van der Waals surface area contributed by atoms with Gasteiger partial charge in [-0.2, -0.15) is 0 Å². The molecule has 1 N–H and O–H groups in total. The van der Waals surface area contributed by atoms with Crippen molar-refractivity contribution in [1.29, 1.82) is 0 Å². The normalized spacial score (nSPS) is 14.2. The maximum absolute atomic E-state index is 5.73. The van der Waals surface area contributed by atoms with E-state index in [0.717, 1.165) is 46.7 Å². The van der Waals surface area contributed by atoms with Gasteiger partial charge < -0.3 is 14.0 Å². The molecule has 1 aliphatic rings. The molecule has 1 heterocycles. The first-order chi connectivity index (χ1) is 13.3. The molecule has 3 aromatic rings. The van der Waals surface area contributed by atoms with Crippen LogP contribution in [0, 0.1) is 0 Å². The molecule has 2 aromatic carbocycles. The molecule has 0 spiro atoms. The summed E-state index contributed by atoms with van der Waals surface area (Å²) in [6, 6.07) is 12.5. The summed E-state index contributed by atoms with van der Waals surface area (Å²) in [5, 5.41) is 5.30. The Morgan fingerprint density at radius 2 is 2.15 bits per heavy atom. The number of anilines is 1. The average molecular weight is 381 g/mol. The fraction of sp³-hybridized carbons (Fsp3) is 0.318. The van der Waals surface area contributed by atoms with Crippen molar-refractivity contribution in [3.63, 3.8) is 0 Å². The van der Waals surface area contributed by atoms with Gasteiger partial charge in [-0.25, -0.2) is 0 Å². The Hall–Kier alpha value is -2.40. The first-order valence-corrected chi connectivity index (χ1v) is 10.3. The number of rotatable bonds is 6. The molecule has 140 valence electrons. The van der Waals surface area contributed by atoms with Crippen LogP contribution in [0.15, 0.2) is 51.9 Å². The smallest absolute Gasteiger partial charge is 0.187 e. The summed E-state index contributed by atoms with van der Waals surface area (Å²) in [5.74, 6) is 1.60. The largest absolute Gasteiger partial charge is 0.496 e. The Morgan fingerprint density at radius 1 is 1.22 bits per heavy atom. The third-order valence-electron chi connectivity index (χ3n) is 5.03. The van der Waals surface area contributed by atoms with Crippen molar-refractivity contribution in [2.45, 2.75) is 43.9 Å². The number of allylic oxidation sites excluding steroid dienone is 2. The van der Waals surface area contributed by atoms with Crippen molar-refractivity contribution in [3.8, 4) is 5.75 Å². The van der Waals surface area contributed by atoms with E-state index in [1.165, 1.54) is 41.5 Å². The van der Waals surface area contributed by atoms with E-state index in [-0.39, 0.29) is 0 Å². The van der Waals surface area contributed by atoms with E-state index in [2.05, 4.69) is 53.2 Å². The highest BCUT2D eigenvalue weighted by Gasteiger charge is 2.16. The van der Waals surface area contributed by atoms with Gasteiger partial charge in [0.2, 0.25) is 0 Å². The first kappa shape index (κ1) is 18.0. The maximum atomic E-state index is 5.73. The molecular weight excluding hydrogens is 356 g/mol. The second-order valence-corrected chi connectivity index (χ2v) is 7.58. The molecule has 0 fully saturated rings. The fourth-order valence-corrected chi connectivity index (χ4v) is 4.31. The highest BCUT2D eigenvalue weighted by atomic mass is 32.2. The van der Waals surface area contributed by atoms with Crippen LogP contribution < -0.4 is 9.46 Å². The molecule has 0 bridgehead atoms. The predicted octanol–water partition coefficient (Wildman–Crippen LogP) is 6.48. The minimum atomic E-state index is 0.747. The first-order valence-electron chi connectivity index (χ1n) is 9.47. The number of aryl methyl sites for hydroxylation is 1. The molecule has 4 nitrogen and oxygen atoms in total. The predicted molar refractivity (Wildman–Crippen MR) is 112 cm³/mol. The molecule has 0 saturated carbocycles. The summed E-state index contributed by atoms with van der Waals surface area (Å²) in [7, 11) is 1.70. The van der Waals surface area contributed by atoms with Crippen LogP contribution in [-0.4, -0.2) is 12.3 Å². The van der Waals surface area contributed by atoms with Crippen molar-refractivity contribution in [2.24, 2.45) is 0 Å². The van der Waals surface area contributed by atoms with Gasteiger partial charge in [-0.05, 0) is 73.4 Å². The third-order valence-corrected chi connectivity index (χ3v) is 5.86. The molecule has 5 heteroatoms. The summed E-state index contributed by atoms with van der Waals surface area (Å²) >= 11 is 1.50. The summed E-state index contributed by atoms with van der Waals surface area (Å²) in [4.78, 5) is 1.04.